The zero-order valence-corrected chi connectivity index (χ0v) is 12.2. The normalized spacial score (nSPS) is 11.5. The van der Waals surface area contributed by atoms with E-state index in [1.807, 2.05) is 0 Å². The lowest BCUT2D eigenvalue weighted by Gasteiger charge is -2.06. The van der Waals surface area contributed by atoms with Crippen LogP contribution in [0.25, 0.3) is 0 Å². The van der Waals surface area contributed by atoms with Crippen LogP contribution in [-0.2, 0) is 10.0 Å². The van der Waals surface area contributed by atoms with Gasteiger partial charge in [-0.1, -0.05) is 17.7 Å². The summed E-state index contributed by atoms with van der Waals surface area (Å²) in [6, 6.07) is 6.57. The zero-order valence-electron chi connectivity index (χ0n) is 9.77. The molecule has 0 saturated carbocycles. The number of thiazole rings is 1. The molecule has 0 saturated heterocycles. The Morgan fingerprint density at radius 3 is 2.61 bits per heavy atom. The molecule has 1 heterocycles. The highest BCUT2D eigenvalue weighted by atomic mass is 35.5. The first-order valence-corrected chi connectivity index (χ1v) is 7.79. The molecule has 1 N–H and O–H groups in total. The van der Waals surface area contributed by atoms with Gasteiger partial charge in [-0.25, -0.2) is 13.4 Å². The van der Waals surface area contributed by atoms with E-state index >= 15 is 0 Å². The van der Waals surface area contributed by atoms with Crippen molar-refractivity contribution >= 4 is 38.6 Å². The number of rotatable bonds is 3. The molecule has 0 aliphatic rings. The van der Waals surface area contributed by atoms with Crippen LogP contribution >= 0.6 is 22.9 Å². The Balaban J connectivity index is 2.36. The Hall–Kier alpha value is -1.11. The molecule has 0 bridgehead atoms. The van der Waals surface area contributed by atoms with Gasteiger partial charge in [-0.2, -0.15) is 0 Å². The molecule has 0 aliphatic carbocycles. The molecule has 2 aromatic rings. The first-order chi connectivity index (χ1) is 8.38. The maximum Gasteiger partial charge on any atom is 0.273 e. The molecule has 1 aromatic carbocycles. The van der Waals surface area contributed by atoms with Crippen LogP contribution in [0, 0.1) is 13.8 Å². The Morgan fingerprint density at radius 2 is 2.06 bits per heavy atom. The van der Waals surface area contributed by atoms with Crippen molar-refractivity contribution in [1.82, 2.24) is 4.98 Å². The quantitative estimate of drug-likeness (QED) is 0.947. The third-order valence-corrected chi connectivity index (χ3v) is 5.48. The summed E-state index contributed by atoms with van der Waals surface area (Å²) in [5, 5.41) is 1.20. The van der Waals surface area contributed by atoms with E-state index in [9.17, 15) is 8.42 Å². The highest BCUT2D eigenvalue weighted by Gasteiger charge is 2.20. The number of aromatic nitrogens is 1. The summed E-state index contributed by atoms with van der Waals surface area (Å²) in [6.07, 6.45) is 0. The minimum absolute atomic E-state index is 0.236. The third-order valence-electron chi connectivity index (χ3n) is 2.18. The molecule has 4 nitrogen and oxygen atoms in total. The Labute approximate surface area is 115 Å². The van der Waals surface area contributed by atoms with Crippen LogP contribution in [0.5, 0.6) is 0 Å². The second kappa shape index (κ2) is 4.87. The van der Waals surface area contributed by atoms with E-state index in [-0.39, 0.29) is 4.21 Å². The maximum atomic E-state index is 12.2. The van der Waals surface area contributed by atoms with Crippen molar-refractivity contribution < 1.29 is 8.42 Å². The number of hydrogen-bond donors (Lipinski definition) is 1. The minimum Gasteiger partial charge on any atom is -0.279 e. The van der Waals surface area contributed by atoms with E-state index in [0.717, 1.165) is 16.3 Å². The molecule has 0 spiro atoms. The van der Waals surface area contributed by atoms with Gasteiger partial charge >= 0.3 is 0 Å². The average molecular weight is 303 g/mol. The van der Waals surface area contributed by atoms with Gasteiger partial charge in [0.05, 0.1) is 16.4 Å². The molecular weight excluding hydrogens is 292 g/mol. The van der Waals surface area contributed by atoms with Gasteiger partial charge in [-0.3, -0.25) is 4.72 Å². The summed E-state index contributed by atoms with van der Waals surface area (Å²) >= 11 is 6.96. The lowest BCUT2D eigenvalue weighted by atomic mass is 10.3. The van der Waals surface area contributed by atoms with Crippen LogP contribution < -0.4 is 4.72 Å². The van der Waals surface area contributed by atoms with Crippen molar-refractivity contribution in [2.45, 2.75) is 18.1 Å². The van der Waals surface area contributed by atoms with Crippen LogP contribution in [-0.4, -0.2) is 13.4 Å². The molecule has 0 atom stereocenters. The number of nitrogens with one attached hydrogen (secondary N) is 1. The van der Waals surface area contributed by atoms with Gasteiger partial charge in [0.25, 0.3) is 10.0 Å². The predicted octanol–water partition coefficient (Wildman–Crippen LogP) is 3.21. The monoisotopic (exact) mass is 302 g/mol. The summed E-state index contributed by atoms with van der Waals surface area (Å²) in [7, 11) is -3.59. The van der Waals surface area contributed by atoms with Crippen LogP contribution in [0.15, 0.2) is 28.5 Å². The number of anilines is 1. The molecule has 1 aromatic heterocycles. The molecule has 0 radical (unpaired) electrons. The summed E-state index contributed by atoms with van der Waals surface area (Å²) in [5.74, 6) is 0. The van der Waals surface area contributed by atoms with E-state index in [2.05, 4.69) is 9.71 Å². The van der Waals surface area contributed by atoms with E-state index in [0.29, 0.717) is 16.4 Å². The molecule has 96 valence electrons. The molecule has 0 aliphatic heterocycles. The number of hydrogen-bond acceptors (Lipinski definition) is 4. The van der Waals surface area contributed by atoms with E-state index < -0.39 is 10.0 Å². The summed E-state index contributed by atoms with van der Waals surface area (Å²) in [5.41, 5.74) is 0.944. The fraction of sp³-hybridized carbons (Fsp3) is 0.182. The number of benzene rings is 1. The van der Waals surface area contributed by atoms with Gasteiger partial charge < -0.3 is 0 Å². The van der Waals surface area contributed by atoms with Gasteiger partial charge in [0.15, 0.2) is 4.21 Å². The smallest absolute Gasteiger partial charge is 0.273 e. The fourth-order valence-electron chi connectivity index (χ4n) is 1.52. The van der Waals surface area contributed by atoms with Gasteiger partial charge in [-0.15, -0.1) is 11.3 Å². The molecular formula is C11H11ClN2O2S2. The fourth-order valence-corrected chi connectivity index (χ4v) is 4.24. The lowest BCUT2D eigenvalue weighted by Crippen LogP contribution is -2.12. The maximum absolute atomic E-state index is 12.2. The van der Waals surface area contributed by atoms with Crippen molar-refractivity contribution in [3.05, 3.63) is 40.0 Å². The van der Waals surface area contributed by atoms with Crippen LogP contribution in [0.3, 0.4) is 0 Å². The van der Waals surface area contributed by atoms with Crippen LogP contribution in [0.2, 0.25) is 5.02 Å². The highest BCUT2D eigenvalue weighted by Crippen LogP contribution is 2.26. The molecule has 7 heteroatoms. The van der Waals surface area contributed by atoms with E-state index in [4.69, 9.17) is 11.6 Å². The Kier molecular flexibility index (Phi) is 3.61. The van der Waals surface area contributed by atoms with Gasteiger partial charge in [0, 0.05) is 5.02 Å². The third kappa shape index (κ3) is 2.82. The predicted molar refractivity (Wildman–Crippen MR) is 73.8 cm³/mol. The molecule has 0 fully saturated rings. The average Bonchev–Trinajstić information content (AvgIpc) is 2.58. The summed E-state index contributed by atoms with van der Waals surface area (Å²) in [6.45, 7) is 3.45. The number of aryl methyl sites for hydroxylation is 2. The van der Waals surface area contributed by atoms with Gasteiger partial charge in [0.1, 0.15) is 0 Å². The minimum atomic E-state index is -3.59. The van der Waals surface area contributed by atoms with Crippen molar-refractivity contribution in [3.8, 4) is 0 Å². The van der Waals surface area contributed by atoms with Gasteiger partial charge in [0.2, 0.25) is 0 Å². The zero-order chi connectivity index (χ0) is 13.3. The first kappa shape index (κ1) is 13.3. The largest absolute Gasteiger partial charge is 0.279 e. The first-order valence-electron chi connectivity index (χ1n) is 5.11. The summed E-state index contributed by atoms with van der Waals surface area (Å²) in [4.78, 5) is 4.11. The van der Waals surface area contributed by atoms with Crippen molar-refractivity contribution in [3.63, 3.8) is 0 Å². The topological polar surface area (TPSA) is 59.1 Å². The Morgan fingerprint density at radius 1 is 1.33 bits per heavy atom. The lowest BCUT2D eigenvalue weighted by molar-refractivity contribution is 0.602. The van der Waals surface area contributed by atoms with Gasteiger partial charge in [-0.05, 0) is 32.0 Å². The van der Waals surface area contributed by atoms with Crippen LogP contribution in [0.1, 0.15) is 10.7 Å². The Bertz CT molecular complexity index is 680. The number of halogens is 1. The number of nitrogens with zero attached hydrogens (tertiary/aromatic N) is 1. The van der Waals surface area contributed by atoms with Crippen molar-refractivity contribution in [1.29, 1.82) is 0 Å². The molecule has 0 unspecified atom stereocenters. The van der Waals surface area contributed by atoms with Crippen LogP contribution in [0.4, 0.5) is 5.69 Å². The van der Waals surface area contributed by atoms with Crippen molar-refractivity contribution in [2.75, 3.05) is 4.72 Å². The second-order valence-electron chi connectivity index (χ2n) is 3.72. The highest BCUT2D eigenvalue weighted by molar-refractivity contribution is 7.94. The number of sulfonamides is 1. The second-order valence-corrected chi connectivity index (χ2v) is 7.24. The SMILES string of the molecule is Cc1nc(C)c(S(=O)(=O)Nc2cccc(Cl)c2)s1. The molecule has 2 rings (SSSR count). The van der Waals surface area contributed by atoms with E-state index in [1.54, 1.807) is 38.1 Å². The molecule has 0 amide bonds. The van der Waals surface area contributed by atoms with Crippen molar-refractivity contribution in [2.24, 2.45) is 0 Å². The summed E-state index contributed by atoms with van der Waals surface area (Å²) < 4.78 is 27.1. The standard InChI is InChI=1S/C11H11ClN2O2S2/c1-7-11(17-8(2)13-7)18(15,16)14-10-5-3-4-9(12)6-10/h3-6,14H,1-2H3. The molecule has 18 heavy (non-hydrogen) atoms. The van der Waals surface area contributed by atoms with E-state index in [1.165, 1.54) is 0 Å².